The van der Waals surface area contributed by atoms with Crippen LogP contribution in [-0.2, 0) is 11.2 Å². The number of benzene rings is 1. The van der Waals surface area contributed by atoms with Gasteiger partial charge in [0.2, 0.25) is 0 Å². The topological polar surface area (TPSA) is 30.5 Å². The predicted molar refractivity (Wildman–Crippen MR) is 84.9 cm³/mol. The second kappa shape index (κ2) is 7.28. The van der Waals surface area contributed by atoms with E-state index < -0.39 is 0 Å². The molecule has 0 spiro atoms. The number of nitrogens with one attached hydrogen (secondary N) is 1. The predicted octanol–water partition coefficient (Wildman–Crippen LogP) is 3.62. The third kappa shape index (κ3) is 3.58. The molecule has 1 N–H and O–H groups in total. The van der Waals surface area contributed by atoms with E-state index in [0.29, 0.717) is 12.1 Å². The molecule has 1 aromatic rings. The Hall–Kier alpha value is -1.06. The highest BCUT2D eigenvalue weighted by Crippen LogP contribution is 2.37. The molecule has 3 heteroatoms. The smallest absolute Gasteiger partial charge is 0.122 e. The van der Waals surface area contributed by atoms with Crippen molar-refractivity contribution in [2.75, 3.05) is 19.8 Å². The van der Waals surface area contributed by atoms with Crippen molar-refractivity contribution in [2.45, 2.75) is 57.6 Å². The molecule has 0 saturated carbocycles. The largest absolute Gasteiger partial charge is 0.493 e. The number of fused-ring (bicyclic) bond motifs is 1. The van der Waals surface area contributed by atoms with Crippen molar-refractivity contribution in [1.29, 1.82) is 0 Å². The summed E-state index contributed by atoms with van der Waals surface area (Å²) < 4.78 is 11.7. The Bertz CT molecular complexity index is 455. The first-order chi connectivity index (χ1) is 10.4. The highest BCUT2D eigenvalue weighted by Gasteiger charge is 2.24. The maximum Gasteiger partial charge on any atom is 0.122 e. The van der Waals surface area contributed by atoms with Crippen molar-refractivity contribution in [3.05, 3.63) is 29.3 Å². The van der Waals surface area contributed by atoms with E-state index in [0.717, 1.165) is 38.3 Å². The molecular formula is C18H27NO2. The Morgan fingerprint density at radius 2 is 2.29 bits per heavy atom. The quantitative estimate of drug-likeness (QED) is 0.831. The molecule has 0 aromatic heterocycles. The van der Waals surface area contributed by atoms with E-state index in [2.05, 4.69) is 30.4 Å². The van der Waals surface area contributed by atoms with Crippen molar-refractivity contribution >= 4 is 0 Å². The molecule has 21 heavy (non-hydrogen) atoms. The van der Waals surface area contributed by atoms with E-state index >= 15 is 0 Å². The summed E-state index contributed by atoms with van der Waals surface area (Å²) in [4.78, 5) is 0. The Kier molecular flexibility index (Phi) is 5.15. The minimum Gasteiger partial charge on any atom is -0.493 e. The zero-order valence-corrected chi connectivity index (χ0v) is 13.1. The molecule has 3 nitrogen and oxygen atoms in total. The van der Waals surface area contributed by atoms with Crippen LogP contribution in [0.15, 0.2) is 18.2 Å². The molecular weight excluding hydrogens is 262 g/mol. The Morgan fingerprint density at radius 1 is 1.33 bits per heavy atom. The summed E-state index contributed by atoms with van der Waals surface area (Å²) in [5.41, 5.74) is 2.86. The van der Waals surface area contributed by atoms with Gasteiger partial charge in [-0.05, 0) is 55.8 Å². The maximum absolute atomic E-state index is 6.06. The van der Waals surface area contributed by atoms with Gasteiger partial charge in [0.05, 0.1) is 12.7 Å². The van der Waals surface area contributed by atoms with Crippen LogP contribution >= 0.6 is 0 Å². The molecule has 0 radical (unpaired) electrons. The van der Waals surface area contributed by atoms with E-state index in [4.69, 9.17) is 9.47 Å². The molecule has 0 amide bonds. The highest BCUT2D eigenvalue weighted by atomic mass is 16.5. The summed E-state index contributed by atoms with van der Waals surface area (Å²) >= 11 is 0. The average Bonchev–Trinajstić information content (AvgIpc) is 3.15. The van der Waals surface area contributed by atoms with Crippen molar-refractivity contribution in [1.82, 2.24) is 5.32 Å². The fraction of sp³-hybridized carbons (Fsp3) is 0.667. The van der Waals surface area contributed by atoms with Gasteiger partial charge in [-0.25, -0.2) is 0 Å². The zero-order valence-electron chi connectivity index (χ0n) is 13.1. The molecule has 2 aliphatic rings. The third-order valence-electron chi connectivity index (χ3n) is 4.59. The molecule has 2 unspecified atom stereocenters. The van der Waals surface area contributed by atoms with Gasteiger partial charge in [0, 0.05) is 19.1 Å². The maximum atomic E-state index is 6.06. The van der Waals surface area contributed by atoms with Crippen LogP contribution in [0.2, 0.25) is 0 Å². The van der Waals surface area contributed by atoms with E-state index in [1.54, 1.807) is 0 Å². The van der Waals surface area contributed by atoms with Gasteiger partial charge in [-0.3, -0.25) is 0 Å². The van der Waals surface area contributed by atoms with Crippen molar-refractivity contribution in [3.63, 3.8) is 0 Å². The number of rotatable bonds is 7. The Labute approximate surface area is 128 Å². The first-order valence-electron chi connectivity index (χ1n) is 8.48. The second-order valence-corrected chi connectivity index (χ2v) is 6.14. The van der Waals surface area contributed by atoms with E-state index in [9.17, 15) is 0 Å². The first kappa shape index (κ1) is 14.9. The average molecular weight is 289 g/mol. The van der Waals surface area contributed by atoms with Gasteiger partial charge in [-0.15, -0.1) is 0 Å². The van der Waals surface area contributed by atoms with Crippen LogP contribution in [0.4, 0.5) is 0 Å². The number of hydrogen-bond donors (Lipinski definition) is 1. The van der Waals surface area contributed by atoms with Crippen LogP contribution in [0.5, 0.6) is 5.75 Å². The van der Waals surface area contributed by atoms with Crippen molar-refractivity contribution in [2.24, 2.45) is 0 Å². The van der Waals surface area contributed by atoms with Crippen LogP contribution in [0.25, 0.3) is 0 Å². The van der Waals surface area contributed by atoms with E-state index in [-0.39, 0.29) is 0 Å². The fourth-order valence-corrected chi connectivity index (χ4v) is 3.46. The van der Waals surface area contributed by atoms with Crippen LogP contribution in [0.3, 0.4) is 0 Å². The molecule has 1 aliphatic carbocycles. The molecule has 3 rings (SSSR count). The molecule has 1 fully saturated rings. The normalized spacial score (nSPS) is 24.2. The molecule has 0 bridgehead atoms. The fourth-order valence-electron chi connectivity index (χ4n) is 3.46. The summed E-state index contributed by atoms with van der Waals surface area (Å²) in [6.45, 7) is 5.01. The van der Waals surface area contributed by atoms with Gasteiger partial charge in [0.1, 0.15) is 5.75 Å². The molecule has 1 aromatic carbocycles. The minimum absolute atomic E-state index is 0.417. The molecule has 116 valence electrons. The van der Waals surface area contributed by atoms with Crippen LogP contribution in [0.1, 0.15) is 56.2 Å². The van der Waals surface area contributed by atoms with Crippen LogP contribution in [0, 0.1) is 0 Å². The van der Waals surface area contributed by atoms with E-state index in [1.165, 1.54) is 36.8 Å². The van der Waals surface area contributed by atoms with Gasteiger partial charge in [0.15, 0.2) is 0 Å². The summed E-state index contributed by atoms with van der Waals surface area (Å²) in [5, 5.41) is 3.64. The molecule has 1 aliphatic heterocycles. The lowest BCUT2D eigenvalue weighted by atomic mass is 10.1. The number of ether oxygens (including phenoxy) is 2. The summed E-state index contributed by atoms with van der Waals surface area (Å²) in [6, 6.07) is 7.02. The summed E-state index contributed by atoms with van der Waals surface area (Å²) in [6.07, 6.45) is 7.34. The first-order valence-corrected chi connectivity index (χ1v) is 8.48. The van der Waals surface area contributed by atoms with Crippen LogP contribution in [-0.4, -0.2) is 25.9 Å². The lowest BCUT2D eigenvalue weighted by Crippen LogP contribution is -2.19. The molecule has 1 saturated heterocycles. The summed E-state index contributed by atoms with van der Waals surface area (Å²) in [7, 11) is 0. The zero-order chi connectivity index (χ0) is 14.5. The SMILES string of the molecule is CCCNC1CCc2c(OCCC3CCCO3)cccc21. The Morgan fingerprint density at radius 3 is 3.10 bits per heavy atom. The second-order valence-electron chi connectivity index (χ2n) is 6.14. The minimum atomic E-state index is 0.417. The van der Waals surface area contributed by atoms with Gasteiger partial charge in [-0.2, -0.15) is 0 Å². The lowest BCUT2D eigenvalue weighted by molar-refractivity contribution is 0.0902. The highest BCUT2D eigenvalue weighted by molar-refractivity contribution is 5.45. The third-order valence-corrected chi connectivity index (χ3v) is 4.59. The van der Waals surface area contributed by atoms with Crippen LogP contribution < -0.4 is 10.1 Å². The lowest BCUT2D eigenvalue weighted by Gasteiger charge is -2.15. The van der Waals surface area contributed by atoms with E-state index in [1.807, 2.05) is 0 Å². The number of hydrogen-bond acceptors (Lipinski definition) is 3. The van der Waals surface area contributed by atoms with Gasteiger partial charge < -0.3 is 14.8 Å². The van der Waals surface area contributed by atoms with Gasteiger partial charge >= 0.3 is 0 Å². The van der Waals surface area contributed by atoms with Gasteiger partial charge in [-0.1, -0.05) is 19.1 Å². The molecule has 1 heterocycles. The van der Waals surface area contributed by atoms with Gasteiger partial charge in [0.25, 0.3) is 0 Å². The molecule has 2 atom stereocenters. The standard InChI is InChI=1S/C18H27NO2/c1-2-11-19-17-9-8-16-15(17)6-3-7-18(16)21-13-10-14-5-4-12-20-14/h3,6-7,14,17,19H,2,4-5,8-13H2,1H3. The van der Waals surface area contributed by atoms with Crippen molar-refractivity contribution in [3.8, 4) is 5.75 Å². The Balaban J connectivity index is 1.57. The summed E-state index contributed by atoms with van der Waals surface area (Å²) in [5.74, 6) is 1.09. The monoisotopic (exact) mass is 289 g/mol. The van der Waals surface area contributed by atoms with Crippen molar-refractivity contribution < 1.29 is 9.47 Å².